The standard InChI is InChI=1S/C21H21N7/c1-2-4-16(5-3-1)17-14-23-21-19(20(17)28-10-8-22-9-11-28)18(26-27-21)7-6-15-12-24-25-13-15/h1-7,12-14,22H,8-11H2,(H,24,25)(H,23,26,27). The van der Waals surface area contributed by atoms with E-state index in [-0.39, 0.29) is 0 Å². The van der Waals surface area contributed by atoms with Gasteiger partial charge >= 0.3 is 0 Å². The predicted molar refractivity (Wildman–Crippen MR) is 112 cm³/mol. The van der Waals surface area contributed by atoms with E-state index in [4.69, 9.17) is 0 Å². The molecule has 4 heterocycles. The number of anilines is 1. The highest BCUT2D eigenvalue weighted by molar-refractivity contribution is 6.03. The second kappa shape index (κ2) is 7.28. The number of hydrogen-bond donors (Lipinski definition) is 3. The Labute approximate surface area is 162 Å². The number of nitrogens with zero attached hydrogens (tertiary/aromatic N) is 4. The van der Waals surface area contributed by atoms with Crippen LogP contribution in [-0.4, -0.2) is 51.6 Å². The van der Waals surface area contributed by atoms with Crippen LogP contribution in [0.5, 0.6) is 0 Å². The summed E-state index contributed by atoms with van der Waals surface area (Å²) in [6.07, 6.45) is 9.63. The zero-order valence-corrected chi connectivity index (χ0v) is 15.4. The lowest BCUT2D eigenvalue weighted by Crippen LogP contribution is -2.43. The van der Waals surface area contributed by atoms with E-state index in [0.717, 1.165) is 59.6 Å². The van der Waals surface area contributed by atoms with E-state index < -0.39 is 0 Å². The Bertz CT molecular complexity index is 1090. The quantitative estimate of drug-likeness (QED) is 0.514. The maximum absolute atomic E-state index is 4.67. The molecule has 0 radical (unpaired) electrons. The highest BCUT2D eigenvalue weighted by Gasteiger charge is 2.22. The van der Waals surface area contributed by atoms with Gasteiger partial charge in [0.1, 0.15) is 0 Å². The van der Waals surface area contributed by atoms with Gasteiger partial charge in [-0.15, -0.1) is 0 Å². The first-order valence-electron chi connectivity index (χ1n) is 9.45. The van der Waals surface area contributed by atoms with E-state index in [1.54, 1.807) is 6.20 Å². The van der Waals surface area contributed by atoms with E-state index in [0.29, 0.717) is 0 Å². The Morgan fingerprint density at radius 2 is 1.86 bits per heavy atom. The minimum absolute atomic E-state index is 0.806. The topological polar surface area (TPSA) is 85.5 Å². The number of pyridine rings is 1. The summed E-state index contributed by atoms with van der Waals surface area (Å²) in [7, 11) is 0. The molecule has 0 aliphatic carbocycles. The third-order valence-corrected chi connectivity index (χ3v) is 5.06. The molecule has 3 aromatic heterocycles. The van der Waals surface area contributed by atoms with Crippen LogP contribution in [0.3, 0.4) is 0 Å². The monoisotopic (exact) mass is 371 g/mol. The molecule has 0 bridgehead atoms. The fourth-order valence-corrected chi connectivity index (χ4v) is 3.69. The third-order valence-electron chi connectivity index (χ3n) is 5.06. The molecular formula is C21H21N7. The molecule has 28 heavy (non-hydrogen) atoms. The maximum Gasteiger partial charge on any atom is 0.157 e. The van der Waals surface area contributed by atoms with Crippen LogP contribution < -0.4 is 10.2 Å². The molecule has 1 fully saturated rings. The van der Waals surface area contributed by atoms with Crippen LogP contribution in [0.15, 0.2) is 48.9 Å². The molecule has 0 atom stereocenters. The highest BCUT2D eigenvalue weighted by atomic mass is 15.2. The molecule has 3 N–H and O–H groups in total. The van der Waals surface area contributed by atoms with Crippen molar-refractivity contribution >= 4 is 28.9 Å². The SMILES string of the molecule is C(=Cc1n[nH]c2ncc(-c3ccccc3)c(N3CCNCC3)c12)c1cn[nH]c1. The van der Waals surface area contributed by atoms with Crippen molar-refractivity contribution in [3.05, 3.63) is 60.2 Å². The number of piperazine rings is 1. The number of H-pyrrole nitrogens is 2. The zero-order chi connectivity index (χ0) is 18.8. The molecular weight excluding hydrogens is 350 g/mol. The van der Waals surface area contributed by atoms with Gasteiger partial charge < -0.3 is 10.2 Å². The van der Waals surface area contributed by atoms with Gasteiger partial charge in [0.15, 0.2) is 5.65 Å². The summed E-state index contributed by atoms with van der Waals surface area (Å²) in [6.45, 7) is 3.84. The minimum Gasteiger partial charge on any atom is -0.368 e. The lowest BCUT2D eigenvalue weighted by molar-refractivity contribution is 0.590. The molecule has 140 valence electrons. The van der Waals surface area contributed by atoms with Gasteiger partial charge in [0.05, 0.1) is 23.0 Å². The van der Waals surface area contributed by atoms with Gasteiger partial charge in [-0.2, -0.15) is 10.2 Å². The van der Waals surface area contributed by atoms with Crippen molar-refractivity contribution in [1.82, 2.24) is 30.7 Å². The largest absolute Gasteiger partial charge is 0.368 e. The van der Waals surface area contributed by atoms with E-state index >= 15 is 0 Å². The van der Waals surface area contributed by atoms with Crippen molar-refractivity contribution in [2.24, 2.45) is 0 Å². The highest BCUT2D eigenvalue weighted by Crippen LogP contribution is 2.38. The van der Waals surface area contributed by atoms with Crippen LogP contribution in [0.1, 0.15) is 11.3 Å². The molecule has 7 nitrogen and oxygen atoms in total. The molecule has 4 aromatic rings. The van der Waals surface area contributed by atoms with Crippen LogP contribution in [0.2, 0.25) is 0 Å². The summed E-state index contributed by atoms with van der Waals surface area (Å²) in [4.78, 5) is 7.10. The summed E-state index contributed by atoms with van der Waals surface area (Å²) in [5, 5.41) is 19.0. The predicted octanol–water partition coefficient (Wildman–Crippen LogP) is 2.93. The minimum atomic E-state index is 0.806. The fourth-order valence-electron chi connectivity index (χ4n) is 3.69. The second-order valence-electron chi connectivity index (χ2n) is 6.82. The number of rotatable bonds is 4. The van der Waals surface area contributed by atoms with Gasteiger partial charge in [0, 0.05) is 49.7 Å². The van der Waals surface area contributed by atoms with Crippen molar-refractivity contribution < 1.29 is 0 Å². The molecule has 0 unspecified atom stereocenters. The first-order valence-corrected chi connectivity index (χ1v) is 9.45. The van der Waals surface area contributed by atoms with Crippen molar-refractivity contribution in [3.63, 3.8) is 0 Å². The fraction of sp³-hybridized carbons (Fsp3) is 0.190. The Balaban J connectivity index is 1.70. The van der Waals surface area contributed by atoms with E-state index in [1.165, 1.54) is 5.69 Å². The lowest BCUT2D eigenvalue weighted by Gasteiger charge is -2.31. The number of hydrogen-bond acceptors (Lipinski definition) is 5. The molecule has 1 aliphatic heterocycles. The van der Waals surface area contributed by atoms with Gasteiger partial charge in [0.2, 0.25) is 0 Å². The van der Waals surface area contributed by atoms with Crippen LogP contribution >= 0.6 is 0 Å². The smallest absolute Gasteiger partial charge is 0.157 e. The van der Waals surface area contributed by atoms with E-state index in [9.17, 15) is 0 Å². The average molecular weight is 371 g/mol. The lowest BCUT2D eigenvalue weighted by atomic mass is 10.0. The van der Waals surface area contributed by atoms with Gasteiger partial charge in [-0.1, -0.05) is 30.3 Å². The van der Waals surface area contributed by atoms with Gasteiger partial charge in [0.25, 0.3) is 0 Å². The number of nitrogens with one attached hydrogen (secondary N) is 3. The number of aromatic amines is 2. The summed E-state index contributed by atoms with van der Waals surface area (Å²) >= 11 is 0. The van der Waals surface area contributed by atoms with Crippen LogP contribution in [-0.2, 0) is 0 Å². The second-order valence-corrected chi connectivity index (χ2v) is 6.82. The molecule has 0 amide bonds. The summed E-state index contributed by atoms with van der Waals surface area (Å²) in [6, 6.07) is 10.4. The maximum atomic E-state index is 4.67. The average Bonchev–Trinajstić information content (AvgIpc) is 3.42. The first kappa shape index (κ1) is 16.7. The Hall–Kier alpha value is -3.45. The Kier molecular flexibility index (Phi) is 4.34. The van der Waals surface area contributed by atoms with Gasteiger partial charge in [-0.05, 0) is 17.7 Å². The zero-order valence-electron chi connectivity index (χ0n) is 15.4. The van der Waals surface area contributed by atoms with Gasteiger partial charge in [-0.3, -0.25) is 10.2 Å². The van der Waals surface area contributed by atoms with Crippen molar-refractivity contribution in [3.8, 4) is 11.1 Å². The molecule has 0 spiro atoms. The molecule has 1 aromatic carbocycles. The van der Waals surface area contributed by atoms with E-state index in [1.807, 2.05) is 30.6 Å². The van der Waals surface area contributed by atoms with E-state index in [2.05, 4.69) is 59.9 Å². The summed E-state index contributed by atoms with van der Waals surface area (Å²) < 4.78 is 0. The van der Waals surface area contributed by atoms with Crippen LogP contribution in [0.4, 0.5) is 5.69 Å². The summed E-state index contributed by atoms with van der Waals surface area (Å²) in [5.41, 5.74) is 6.19. The molecule has 1 aliphatic rings. The number of aromatic nitrogens is 5. The van der Waals surface area contributed by atoms with Gasteiger partial charge in [-0.25, -0.2) is 4.98 Å². The molecule has 7 heteroatoms. The Morgan fingerprint density at radius 1 is 1.00 bits per heavy atom. The first-order chi connectivity index (χ1) is 13.9. The molecule has 5 rings (SSSR count). The normalized spacial score (nSPS) is 14.9. The number of fused-ring (bicyclic) bond motifs is 1. The van der Waals surface area contributed by atoms with Crippen LogP contribution in [0, 0.1) is 0 Å². The van der Waals surface area contributed by atoms with Crippen LogP contribution in [0.25, 0.3) is 34.3 Å². The van der Waals surface area contributed by atoms with Crippen molar-refractivity contribution in [2.45, 2.75) is 0 Å². The molecule has 0 saturated carbocycles. The Morgan fingerprint density at radius 3 is 2.64 bits per heavy atom. The molecule has 1 saturated heterocycles. The number of benzene rings is 1. The van der Waals surface area contributed by atoms with Crippen molar-refractivity contribution in [1.29, 1.82) is 0 Å². The van der Waals surface area contributed by atoms with Crippen molar-refractivity contribution in [2.75, 3.05) is 31.1 Å². The summed E-state index contributed by atoms with van der Waals surface area (Å²) in [5.74, 6) is 0. The third kappa shape index (κ3) is 3.05.